The molecule has 4 aliphatic carbocycles. The van der Waals surface area contributed by atoms with Crippen LogP contribution in [0.3, 0.4) is 0 Å². The summed E-state index contributed by atoms with van der Waals surface area (Å²) >= 11 is 0. The molecule has 0 fully saturated rings. The molecule has 0 spiro atoms. The van der Waals surface area contributed by atoms with E-state index in [1.54, 1.807) is 0 Å². The molecule has 2 atom stereocenters. The largest absolute Gasteiger partial charge is 0.425 e. The molecule has 9 aromatic rings. The number of halogens is 39. The number of alkyl halides is 6. The standard InChI is InChI=1S/C52H8BF28.C19H22F11N/c54-25-9-1-5-13(17(9)33(62)49(78)41(25)70)29(58)45(74)37(66)21(5)53(22-6-2-10-18(14(6)30(59)46(75)38(22)67)34(63)50(79)42(71)26(10)55,23-7-3-11-19(15(7)31(60)47(76)39(23)68)35(64)51(80)43(72)27(11)56)24-8-4-12-20(16(8)32(61)48(77)40(24)69)36(65)52(81)44(73)28(12)57;1-2-3-10-31(17-15(24)13(22)12(21)14(23)16(17)25)19(29,30)11(20)8-6-4-5-7-9-18(26,27)28/h1-4H2;11H,2-10H2,1H3/q-1;/p+1. The van der Waals surface area contributed by atoms with Crippen molar-refractivity contribution >= 4 is 33.7 Å². The predicted molar refractivity (Wildman–Crippen MR) is 312 cm³/mol. The second-order valence-corrected chi connectivity index (χ2v) is 26.0. The molecule has 596 valence electrons. The van der Waals surface area contributed by atoms with Crippen molar-refractivity contribution in [1.82, 2.24) is 0 Å². The molecular formula is C71H31BF39N. The molecule has 0 aromatic heterocycles. The maximum Gasteiger partial charge on any atom is 0.425 e. The topological polar surface area (TPSA) is 4.44 Å². The Hall–Kier alpha value is -9.73. The van der Waals surface area contributed by atoms with Crippen molar-refractivity contribution in [3.05, 3.63) is 236 Å². The van der Waals surface area contributed by atoms with E-state index in [0.29, 0.717) is 0 Å². The van der Waals surface area contributed by atoms with Crippen LogP contribution in [-0.4, -0.2) is 31.1 Å². The van der Waals surface area contributed by atoms with Gasteiger partial charge in [-0.15, -0.1) is 8.78 Å². The Morgan fingerprint density at radius 2 is 0.473 bits per heavy atom. The number of nitrogens with one attached hydrogen (secondary N) is 1. The monoisotopic (exact) mass is 1650 g/mol. The number of quaternary nitrogens is 1. The summed E-state index contributed by atoms with van der Waals surface area (Å²) < 4.78 is 606. The van der Waals surface area contributed by atoms with Crippen molar-refractivity contribution in [2.75, 3.05) is 6.54 Å². The van der Waals surface area contributed by atoms with Crippen LogP contribution in [0.15, 0.2) is 0 Å². The molecule has 0 saturated carbocycles. The molecular weight excluding hydrogens is 1620 g/mol. The molecule has 4 aliphatic rings. The Labute approximate surface area is 598 Å². The van der Waals surface area contributed by atoms with E-state index in [0.717, 1.165) is 0 Å². The number of hydrogen-bond donors (Lipinski definition) is 1. The number of rotatable bonds is 16. The predicted octanol–water partition coefficient (Wildman–Crippen LogP) is 19.8. The minimum atomic E-state index is -6.96. The maximum atomic E-state index is 18.3. The van der Waals surface area contributed by atoms with Crippen LogP contribution in [0.1, 0.15) is 103 Å². The number of fused-ring (bicyclic) bond motifs is 12. The summed E-state index contributed by atoms with van der Waals surface area (Å²) in [5, 5.41) is 0. The van der Waals surface area contributed by atoms with Gasteiger partial charge in [-0.2, -0.15) is 43.8 Å². The minimum Gasteiger partial charge on any atom is -0.234 e. The quantitative estimate of drug-likeness (QED) is 0.0246. The summed E-state index contributed by atoms with van der Waals surface area (Å²) in [6.45, 7) is 0.704. The van der Waals surface area contributed by atoms with Gasteiger partial charge in [0.1, 0.15) is 29.4 Å². The van der Waals surface area contributed by atoms with Gasteiger partial charge in [0.25, 0.3) is 0 Å². The highest BCUT2D eigenvalue weighted by Gasteiger charge is 2.57. The van der Waals surface area contributed by atoms with Crippen LogP contribution in [0.4, 0.5) is 177 Å². The van der Waals surface area contributed by atoms with Crippen molar-refractivity contribution in [1.29, 1.82) is 0 Å². The summed E-state index contributed by atoms with van der Waals surface area (Å²) in [5.41, 5.74) is -47.3. The number of unbranched alkanes of at least 4 members (excludes halogenated alkanes) is 4. The first-order valence-electron chi connectivity index (χ1n) is 32.0. The fraction of sp³-hybridized carbons (Fsp3) is 0.239. The third-order valence-corrected chi connectivity index (χ3v) is 20.2. The van der Waals surface area contributed by atoms with Gasteiger partial charge in [0, 0.05) is 73.2 Å². The van der Waals surface area contributed by atoms with Gasteiger partial charge in [-0.3, -0.25) is 0 Å². The van der Waals surface area contributed by atoms with Crippen LogP contribution in [-0.2, 0) is 25.7 Å². The van der Waals surface area contributed by atoms with E-state index in [-0.39, 0.29) is 38.5 Å². The highest BCUT2D eigenvalue weighted by Crippen LogP contribution is 2.52. The molecule has 0 aliphatic heterocycles. The van der Waals surface area contributed by atoms with E-state index in [1.807, 2.05) is 0 Å². The van der Waals surface area contributed by atoms with Crippen molar-refractivity contribution in [2.45, 2.75) is 102 Å². The molecule has 0 heterocycles. The lowest BCUT2D eigenvalue weighted by molar-refractivity contribution is -0.938. The Morgan fingerprint density at radius 1 is 0.259 bits per heavy atom. The van der Waals surface area contributed by atoms with E-state index < -0.39 is 383 Å². The number of hydrogen-bond acceptors (Lipinski definition) is 0. The van der Waals surface area contributed by atoms with Crippen LogP contribution in [0.5, 0.6) is 0 Å². The Morgan fingerprint density at radius 3 is 0.723 bits per heavy atom. The fourth-order valence-corrected chi connectivity index (χ4v) is 15.5. The average molecular weight is 1650 g/mol. The van der Waals surface area contributed by atoms with E-state index in [2.05, 4.69) is 0 Å². The molecule has 41 heteroatoms. The van der Waals surface area contributed by atoms with Crippen LogP contribution < -0.4 is 26.8 Å². The SMILES string of the molecule is CCCC[NH+](c1c(F)c(F)c(F)c(F)c1F)C(F)(F)C(F)CCCCCCC(F)(F)F.Fc1c(F)c(F)c2c(c1F)Cc1c-2c(F)c(F)c(F)c1[B-](c1c(F)c(F)c(F)c2c1Cc1c(F)c(F)c(F)c(F)c1-2)(c1c(F)c(F)c(F)c2c1Cc1c(F)c(F)c(F)c(F)c1-2)c1c(F)c(F)c(F)c2c1Cc1c(F)c(F)c(F)c(F)c1-2. The smallest absolute Gasteiger partial charge is 0.234 e. The van der Waals surface area contributed by atoms with Gasteiger partial charge in [-0.25, -0.2) is 145 Å². The van der Waals surface area contributed by atoms with Crippen molar-refractivity contribution in [2.24, 2.45) is 0 Å². The zero-order valence-electron chi connectivity index (χ0n) is 54.6. The summed E-state index contributed by atoms with van der Waals surface area (Å²) in [4.78, 5) is -1.54. The summed E-state index contributed by atoms with van der Waals surface area (Å²) in [6, 6.07) is -4.54. The van der Waals surface area contributed by atoms with Gasteiger partial charge in [0.2, 0.25) is 40.9 Å². The van der Waals surface area contributed by atoms with Crippen LogP contribution in [0.25, 0.3) is 44.5 Å². The van der Waals surface area contributed by atoms with Gasteiger partial charge < -0.3 is 0 Å². The molecule has 112 heavy (non-hydrogen) atoms. The van der Waals surface area contributed by atoms with Gasteiger partial charge in [0.05, 0.1) is 6.54 Å². The highest BCUT2D eigenvalue weighted by atomic mass is 19.4. The second kappa shape index (κ2) is 28.4. The zero-order valence-corrected chi connectivity index (χ0v) is 54.6. The Bertz CT molecular complexity index is 5040. The van der Waals surface area contributed by atoms with Crippen LogP contribution >= 0.6 is 0 Å². The lowest BCUT2D eigenvalue weighted by atomic mass is 9.11. The van der Waals surface area contributed by atoms with Gasteiger partial charge in [-0.1, -0.05) is 54.9 Å². The molecule has 0 radical (unpaired) electrons. The molecule has 0 amide bonds. The first-order chi connectivity index (χ1) is 52.2. The Balaban J connectivity index is 0.000000317. The van der Waals surface area contributed by atoms with Crippen molar-refractivity contribution in [3.63, 3.8) is 0 Å². The lowest BCUT2D eigenvalue weighted by Gasteiger charge is -2.49. The fourth-order valence-electron chi connectivity index (χ4n) is 15.5. The van der Waals surface area contributed by atoms with E-state index in [9.17, 15) is 48.3 Å². The lowest BCUT2D eigenvalue weighted by Crippen LogP contribution is -3.16. The zero-order chi connectivity index (χ0) is 83.0. The first-order valence-corrected chi connectivity index (χ1v) is 32.0. The molecule has 1 nitrogen and oxygen atoms in total. The highest BCUT2D eigenvalue weighted by molar-refractivity contribution is 7.21. The van der Waals surface area contributed by atoms with E-state index in [4.69, 9.17) is 0 Å². The van der Waals surface area contributed by atoms with Crippen molar-refractivity contribution in [3.8, 4) is 44.5 Å². The summed E-state index contributed by atoms with van der Waals surface area (Å²) in [6.07, 6.45) is -25.7. The maximum absolute atomic E-state index is 18.3. The van der Waals surface area contributed by atoms with Gasteiger partial charge in [0.15, 0.2) is 140 Å². The van der Waals surface area contributed by atoms with Crippen LogP contribution in [0, 0.1) is 192 Å². The van der Waals surface area contributed by atoms with E-state index in [1.165, 1.54) is 6.92 Å². The summed E-state index contributed by atoms with van der Waals surface area (Å²) in [5.74, 6) is -97.7. The number of benzene rings is 9. The molecule has 1 N–H and O–H groups in total. The first kappa shape index (κ1) is 81.8. The van der Waals surface area contributed by atoms with Crippen LogP contribution in [0.2, 0.25) is 0 Å². The van der Waals surface area contributed by atoms with Gasteiger partial charge >= 0.3 is 12.2 Å². The van der Waals surface area contributed by atoms with E-state index >= 15 is 123 Å². The van der Waals surface area contributed by atoms with Gasteiger partial charge in [-0.05, 0) is 44.9 Å². The third kappa shape index (κ3) is 11.6. The second-order valence-electron chi connectivity index (χ2n) is 26.0. The molecule has 13 rings (SSSR count). The summed E-state index contributed by atoms with van der Waals surface area (Å²) in [7, 11) is 0. The molecule has 0 bridgehead atoms. The third-order valence-electron chi connectivity index (χ3n) is 20.2. The normalized spacial score (nSPS) is 13.8. The minimum absolute atomic E-state index is 0.000595. The van der Waals surface area contributed by atoms with Crippen molar-refractivity contribution < 1.29 is 176 Å². The molecule has 0 saturated heterocycles. The molecule has 9 aromatic carbocycles. The molecule has 2 unspecified atom stereocenters. The average Bonchev–Trinajstić information content (AvgIpc) is 1.38. The Kier molecular flexibility index (Phi) is 20.7.